The maximum atomic E-state index is 13.7. The fraction of sp³-hybridized carbons (Fsp3) is 0.417. The number of alkyl carbamates (subject to hydrolysis) is 1. The second-order valence-corrected chi connectivity index (χ2v) is 11.6. The average molecular weight is 545 g/mol. The number of amides is 2. The van der Waals surface area contributed by atoms with Crippen LogP contribution >= 0.6 is 11.6 Å². The van der Waals surface area contributed by atoms with E-state index in [2.05, 4.69) is 10.6 Å². The van der Waals surface area contributed by atoms with Gasteiger partial charge in [-0.3, -0.25) is 4.79 Å². The molecule has 0 aromatic heterocycles. The summed E-state index contributed by atoms with van der Waals surface area (Å²) in [6.45, 7) is 0.209. The number of carbonyl (C=O) groups excluding carboxylic acids is 2. The van der Waals surface area contributed by atoms with Gasteiger partial charge in [-0.2, -0.15) is 0 Å². The van der Waals surface area contributed by atoms with Crippen molar-refractivity contribution in [3.63, 3.8) is 0 Å². The maximum Gasteiger partial charge on any atom is 0.406 e. The molecule has 2 amide bonds. The van der Waals surface area contributed by atoms with E-state index in [0.29, 0.717) is 37.8 Å². The van der Waals surface area contributed by atoms with Gasteiger partial charge in [0.1, 0.15) is 0 Å². The lowest BCUT2D eigenvalue weighted by molar-refractivity contribution is 0.102. The van der Waals surface area contributed by atoms with Gasteiger partial charge < -0.3 is 15.4 Å². The van der Waals surface area contributed by atoms with Crippen LogP contribution in [-0.4, -0.2) is 39.3 Å². The molecule has 2 aromatic carbocycles. The molecule has 0 aliphatic heterocycles. The van der Waals surface area contributed by atoms with Crippen molar-refractivity contribution in [2.45, 2.75) is 35.8 Å². The summed E-state index contributed by atoms with van der Waals surface area (Å²) >= 11 is 6.25. The summed E-state index contributed by atoms with van der Waals surface area (Å²) in [4.78, 5) is 23.9. The molecule has 2 aliphatic rings. The quantitative estimate of drug-likeness (QED) is 0.501. The van der Waals surface area contributed by atoms with Crippen molar-refractivity contribution in [3.05, 3.63) is 58.4 Å². The highest BCUT2D eigenvalue weighted by Crippen LogP contribution is 2.50. The molecule has 36 heavy (non-hydrogen) atoms. The Labute approximate surface area is 211 Å². The Morgan fingerprint density at radius 2 is 1.67 bits per heavy atom. The number of ether oxygens (including phenoxy) is 1. The van der Waals surface area contributed by atoms with E-state index < -0.39 is 44.5 Å². The van der Waals surface area contributed by atoms with Gasteiger partial charge in [0.2, 0.25) is 0 Å². The first-order chi connectivity index (χ1) is 17.0. The van der Waals surface area contributed by atoms with Crippen LogP contribution in [0.3, 0.4) is 0 Å². The standard InChI is InChI=1S/C24H24ClF3N2O5S/c1-29-24(32)35-11-12-6-13-2-3-14(7-12)22(13)36(33,34)20-8-15(4-5-17(20)25)23(31)30-16-9-18(26)21(28)19(27)10-16/h4-5,8-10,12-14,22H,2-3,6-7,11H2,1H3,(H,29,32)(H,30,31)/t12-,13-,14?,22?/m0/s1. The molecule has 194 valence electrons. The summed E-state index contributed by atoms with van der Waals surface area (Å²) in [7, 11) is -2.48. The molecular formula is C24H24ClF3N2O5S. The molecule has 12 heteroatoms. The van der Waals surface area contributed by atoms with Gasteiger partial charge in [0.15, 0.2) is 27.3 Å². The third-order valence-electron chi connectivity index (χ3n) is 6.86. The molecule has 2 saturated carbocycles. The Morgan fingerprint density at radius 3 is 2.25 bits per heavy atom. The number of fused-ring (bicyclic) bond motifs is 2. The summed E-state index contributed by atoms with van der Waals surface area (Å²) in [5.41, 5.74) is -0.422. The lowest BCUT2D eigenvalue weighted by atomic mass is 9.81. The summed E-state index contributed by atoms with van der Waals surface area (Å²) in [5.74, 6) is -5.70. The number of halogens is 4. The maximum absolute atomic E-state index is 13.7. The number of hydrogen-bond acceptors (Lipinski definition) is 5. The number of rotatable bonds is 6. The summed E-state index contributed by atoms with van der Waals surface area (Å²) in [5, 5.41) is 3.88. The molecule has 0 spiro atoms. The zero-order chi connectivity index (χ0) is 26.2. The van der Waals surface area contributed by atoms with Crippen LogP contribution in [0, 0.1) is 35.2 Å². The lowest BCUT2D eigenvalue weighted by Gasteiger charge is -2.34. The minimum atomic E-state index is -3.94. The number of nitrogens with one attached hydrogen (secondary N) is 2. The predicted molar refractivity (Wildman–Crippen MR) is 126 cm³/mol. The Balaban J connectivity index is 1.54. The van der Waals surface area contributed by atoms with E-state index in [9.17, 15) is 31.2 Å². The molecule has 2 aromatic rings. The lowest BCUT2D eigenvalue weighted by Crippen LogP contribution is -2.39. The molecule has 0 radical (unpaired) electrons. The number of anilines is 1. The molecular weight excluding hydrogens is 521 g/mol. The van der Waals surface area contributed by atoms with Crippen LogP contribution in [0.15, 0.2) is 35.2 Å². The van der Waals surface area contributed by atoms with Crippen molar-refractivity contribution in [1.29, 1.82) is 0 Å². The normalized spacial score (nSPS) is 23.2. The number of hydrogen-bond donors (Lipinski definition) is 2. The van der Waals surface area contributed by atoms with Gasteiger partial charge in [-0.25, -0.2) is 26.4 Å². The Morgan fingerprint density at radius 1 is 1.06 bits per heavy atom. The third-order valence-corrected chi connectivity index (χ3v) is 9.74. The second-order valence-electron chi connectivity index (χ2n) is 9.15. The largest absolute Gasteiger partial charge is 0.449 e. The van der Waals surface area contributed by atoms with Gasteiger partial charge in [-0.1, -0.05) is 11.6 Å². The molecule has 2 N–H and O–H groups in total. The third kappa shape index (κ3) is 5.17. The molecule has 7 nitrogen and oxygen atoms in total. The highest BCUT2D eigenvalue weighted by Gasteiger charge is 2.50. The first kappa shape index (κ1) is 26.3. The fourth-order valence-corrected chi connectivity index (χ4v) is 8.22. The summed E-state index contributed by atoms with van der Waals surface area (Å²) in [6.07, 6.45) is 2.05. The van der Waals surface area contributed by atoms with Crippen molar-refractivity contribution < 1.29 is 35.9 Å². The van der Waals surface area contributed by atoms with Crippen molar-refractivity contribution in [3.8, 4) is 0 Å². The second kappa shape index (κ2) is 10.3. The molecule has 4 atom stereocenters. The summed E-state index contributed by atoms with van der Waals surface area (Å²) < 4.78 is 72.7. The monoisotopic (exact) mass is 544 g/mol. The average Bonchev–Trinajstić information content (AvgIpc) is 3.12. The molecule has 2 unspecified atom stereocenters. The van der Waals surface area contributed by atoms with Crippen molar-refractivity contribution in [1.82, 2.24) is 5.32 Å². The van der Waals surface area contributed by atoms with Crippen LogP contribution in [0.2, 0.25) is 5.02 Å². The fourth-order valence-electron chi connectivity index (χ4n) is 5.35. The SMILES string of the molecule is CNC(=O)OC[C@@H]1CC2CC[C@@H](C1)C2S(=O)(=O)c1cc(C(=O)Nc2cc(F)c(F)c(F)c2)ccc1Cl. The van der Waals surface area contributed by atoms with Gasteiger partial charge in [-0.05, 0) is 61.6 Å². The highest BCUT2D eigenvalue weighted by molar-refractivity contribution is 7.92. The molecule has 2 bridgehead atoms. The Bertz CT molecular complexity index is 1270. The van der Waals surface area contributed by atoms with Gasteiger partial charge in [0, 0.05) is 30.4 Å². The zero-order valence-electron chi connectivity index (χ0n) is 19.2. The Hall–Kier alpha value is -2.79. The molecule has 0 saturated heterocycles. The molecule has 2 aliphatic carbocycles. The van der Waals surface area contributed by atoms with E-state index in [1.165, 1.54) is 19.2 Å². The molecule has 0 heterocycles. The number of benzene rings is 2. The summed E-state index contributed by atoms with van der Waals surface area (Å²) in [6, 6.07) is 4.94. The van der Waals surface area contributed by atoms with Crippen LogP contribution in [0.4, 0.5) is 23.7 Å². The van der Waals surface area contributed by atoms with E-state index >= 15 is 0 Å². The Kier molecular flexibility index (Phi) is 7.51. The van der Waals surface area contributed by atoms with E-state index in [1.807, 2.05) is 0 Å². The van der Waals surface area contributed by atoms with Crippen LogP contribution in [0.1, 0.15) is 36.0 Å². The van der Waals surface area contributed by atoms with E-state index in [-0.39, 0.29) is 45.5 Å². The highest BCUT2D eigenvalue weighted by atomic mass is 35.5. The van der Waals surface area contributed by atoms with Crippen LogP contribution in [0.5, 0.6) is 0 Å². The first-order valence-electron chi connectivity index (χ1n) is 11.3. The van der Waals surface area contributed by atoms with Crippen molar-refractivity contribution in [2.75, 3.05) is 19.0 Å². The molecule has 4 rings (SSSR count). The topological polar surface area (TPSA) is 102 Å². The zero-order valence-corrected chi connectivity index (χ0v) is 20.8. The van der Waals surface area contributed by atoms with Gasteiger partial charge >= 0.3 is 6.09 Å². The number of sulfone groups is 1. The molecule has 2 fully saturated rings. The van der Waals surface area contributed by atoms with Crippen LogP contribution in [-0.2, 0) is 14.6 Å². The number of carbonyl (C=O) groups is 2. The van der Waals surface area contributed by atoms with E-state index in [1.54, 1.807) is 0 Å². The minimum absolute atomic E-state index is 0.0464. The van der Waals surface area contributed by atoms with Crippen molar-refractivity contribution >= 4 is 39.1 Å². The van der Waals surface area contributed by atoms with Crippen LogP contribution < -0.4 is 10.6 Å². The van der Waals surface area contributed by atoms with E-state index in [0.717, 1.165) is 6.07 Å². The smallest absolute Gasteiger partial charge is 0.406 e. The minimum Gasteiger partial charge on any atom is -0.449 e. The van der Waals surface area contributed by atoms with Crippen molar-refractivity contribution in [2.24, 2.45) is 17.8 Å². The predicted octanol–water partition coefficient (Wildman–Crippen LogP) is 4.94. The van der Waals surface area contributed by atoms with Gasteiger partial charge in [0.05, 0.1) is 21.8 Å². The first-order valence-corrected chi connectivity index (χ1v) is 13.3. The van der Waals surface area contributed by atoms with Gasteiger partial charge in [0.25, 0.3) is 5.91 Å². The van der Waals surface area contributed by atoms with E-state index in [4.69, 9.17) is 16.3 Å². The van der Waals surface area contributed by atoms with Gasteiger partial charge in [-0.15, -0.1) is 0 Å². The van der Waals surface area contributed by atoms with Crippen LogP contribution in [0.25, 0.3) is 0 Å².